The van der Waals surface area contributed by atoms with Crippen LogP contribution in [-0.4, -0.2) is 122 Å². The Morgan fingerprint density at radius 2 is 0.885 bits per heavy atom. The Bertz CT molecular complexity index is 462. The van der Waals surface area contributed by atoms with Crippen LogP contribution in [0.25, 0.3) is 0 Å². The van der Waals surface area contributed by atoms with Crippen LogP contribution >= 0.6 is 23.2 Å². The highest BCUT2D eigenvalue weighted by Gasteiger charge is 2.52. The largest absolute Gasteiger partial charge is 0.756 e. The number of nitrogens with zero attached hydrogens (tertiary/aromatic N) is 7. The number of hydrogen-bond acceptors (Lipinski definition) is 6. The van der Waals surface area contributed by atoms with Gasteiger partial charge in [0.2, 0.25) is 7.51 Å². The van der Waals surface area contributed by atoms with Crippen molar-refractivity contribution in [3.63, 3.8) is 0 Å². The number of phosphoric acid groups is 1. The van der Waals surface area contributed by atoms with Gasteiger partial charge >= 0.3 is 7.87 Å². The zero-order valence-corrected chi connectivity index (χ0v) is 20.9. The van der Waals surface area contributed by atoms with Crippen LogP contribution in [0.4, 0.5) is 0 Å². The van der Waals surface area contributed by atoms with Crippen LogP contribution in [-0.2, 0) is 4.57 Å². The Hall–Kier alpha value is 0.530. The van der Waals surface area contributed by atoms with Gasteiger partial charge in [0.15, 0.2) is 0 Å². The van der Waals surface area contributed by atoms with Gasteiger partial charge in [-0.25, -0.2) is 14.0 Å². The third kappa shape index (κ3) is 7.51. The molecule has 11 nitrogen and oxygen atoms in total. The summed E-state index contributed by atoms with van der Waals surface area (Å²) in [5, 5.41) is 0. The molecule has 0 aliphatic rings. The van der Waals surface area contributed by atoms with Gasteiger partial charge < -0.3 is 14.7 Å². The van der Waals surface area contributed by atoms with E-state index in [1.807, 2.05) is 0 Å². The van der Waals surface area contributed by atoms with E-state index in [1.54, 1.807) is 0 Å². The van der Waals surface area contributed by atoms with Crippen LogP contribution in [0.2, 0.25) is 0 Å². The molecule has 0 bridgehead atoms. The summed E-state index contributed by atoms with van der Waals surface area (Å²) in [7, 11) is 16.6. The highest BCUT2D eigenvalue weighted by atomic mass is 31.2. The molecule has 0 unspecified atom stereocenters. The fourth-order valence-corrected chi connectivity index (χ4v) is 12.2. The number of hydrogen-bond donors (Lipinski definition) is 2. The second kappa shape index (κ2) is 10.9. The molecule has 2 N–H and O–H groups in total. The molecule has 0 aliphatic carbocycles. The van der Waals surface area contributed by atoms with E-state index in [4.69, 9.17) is 23.8 Å². The second-order valence-corrected chi connectivity index (χ2v) is 15.4. The molecule has 0 aliphatic heterocycles. The van der Waals surface area contributed by atoms with Gasteiger partial charge in [0.1, 0.15) is 0 Å². The van der Waals surface area contributed by atoms with E-state index in [1.165, 1.54) is 0 Å². The lowest BCUT2D eigenvalue weighted by molar-refractivity contribution is -0.214. The van der Waals surface area contributed by atoms with Crippen LogP contribution in [0.15, 0.2) is 4.52 Å². The van der Waals surface area contributed by atoms with Crippen molar-refractivity contribution in [3.8, 4) is 0 Å². The summed E-state index contributed by atoms with van der Waals surface area (Å²) in [5.74, 6) is 0. The average Bonchev–Trinajstić information content (AvgIpc) is 2.34. The topological polar surface area (TPSA) is 112 Å². The Morgan fingerprint density at radius 1 is 0.692 bits per heavy atom. The molecule has 0 fully saturated rings. The van der Waals surface area contributed by atoms with Crippen molar-refractivity contribution in [3.05, 3.63) is 0 Å². The maximum absolute atomic E-state index is 8.77. The second-order valence-electron chi connectivity index (χ2n) is 6.74. The normalized spacial score (nSPS) is 13.9. The van der Waals surface area contributed by atoms with E-state index in [2.05, 4.69) is 113 Å². The van der Waals surface area contributed by atoms with Gasteiger partial charge in [-0.15, -0.1) is 14.0 Å². The third-order valence-corrected chi connectivity index (χ3v) is 11.8. The lowest BCUT2D eigenvalue weighted by Gasteiger charge is -2.43. The molecular weight excluding hydrogens is 399 g/mol. The van der Waals surface area contributed by atoms with Gasteiger partial charge in [-0.3, -0.25) is 4.57 Å². The molecule has 0 radical (unpaired) electrons. The van der Waals surface area contributed by atoms with Crippen molar-refractivity contribution >= 4 is 23.2 Å². The monoisotopic (exact) mass is 437 g/mol. The van der Waals surface area contributed by atoms with Gasteiger partial charge in [-0.05, 0) is 46.8 Å². The Kier molecular flexibility index (Phi) is 12.1. The first-order chi connectivity index (χ1) is 11.4. The van der Waals surface area contributed by atoms with Crippen LogP contribution in [0, 0.1) is 0 Å². The summed E-state index contributed by atoms with van der Waals surface area (Å²) in [6, 6.07) is 0. The molecule has 0 aromatic rings. The molecule has 160 valence electrons. The van der Waals surface area contributed by atoms with E-state index in [0.29, 0.717) is 0 Å². The molecule has 26 heavy (non-hydrogen) atoms. The molecule has 0 aromatic carbocycles. The minimum absolute atomic E-state index is 1.95. The molecule has 0 amide bonds. The van der Waals surface area contributed by atoms with Gasteiger partial charge in [-0.2, -0.15) is 0 Å². The Labute approximate surface area is 160 Å². The van der Waals surface area contributed by atoms with Crippen molar-refractivity contribution < 1.29 is 19.2 Å². The van der Waals surface area contributed by atoms with Crippen molar-refractivity contribution in [2.45, 2.75) is 0 Å². The zero-order valence-electron chi connectivity index (χ0n) is 18.2. The van der Waals surface area contributed by atoms with Crippen LogP contribution < -0.4 is 4.89 Å². The summed E-state index contributed by atoms with van der Waals surface area (Å²) in [6.07, 6.45) is 0. The fraction of sp³-hybridized carbons (Fsp3) is 1.00. The highest BCUT2D eigenvalue weighted by molar-refractivity contribution is 7.75. The Balaban J connectivity index is 0. The van der Waals surface area contributed by atoms with Crippen molar-refractivity contribution in [1.29, 1.82) is 0 Å². The average molecular weight is 437 g/mol. The van der Waals surface area contributed by atoms with Crippen LogP contribution in [0.1, 0.15) is 0 Å². The summed E-state index contributed by atoms with van der Waals surface area (Å²) in [5.41, 5.74) is 0. The predicted molar refractivity (Wildman–Crippen MR) is 110 cm³/mol. The third-order valence-electron chi connectivity index (χ3n) is 3.46. The SMILES string of the molecule is CN(C)P(=N[P+](N(C)C)(N(C)C)N(C)C)(N(C)C)N(C)C.O=P([O-])(O)O. The molecule has 0 saturated heterocycles. The first kappa shape index (κ1) is 28.7. The highest BCUT2D eigenvalue weighted by Crippen LogP contribution is 2.73. The predicted octanol–water partition coefficient (Wildman–Crippen LogP) is 0.419. The van der Waals surface area contributed by atoms with Crippen LogP contribution in [0.5, 0.6) is 0 Å². The molecule has 0 aromatic heterocycles. The van der Waals surface area contributed by atoms with Crippen molar-refractivity contribution in [1.82, 2.24) is 28.0 Å². The van der Waals surface area contributed by atoms with E-state index in [9.17, 15) is 0 Å². The Morgan fingerprint density at radius 3 is 1.00 bits per heavy atom. The van der Waals surface area contributed by atoms with E-state index >= 15 is 0 Å². The summed E-state index contributed by atoms with van der Waals surface area (Å²) >= 11 is 0. The fourth-order valence-electron chi connectivity index (χ4n) is 2.79. The standard InChI is InChI=1S/C12H36N7P2.H3O4P/c1-14(2)20(15(3)4,16(5)6)13-21(17(7)8,18(9)10)19(11)12;1-5(2,3)4/h1-12H3;(H3,1,2,3,4)/q+1;/p-1. The zero-order chi connectivity index (χ0) is 21.7. The minimum Gasteiger partial charge on any atom is -0.756 e. The van der Waals surface area contributed by atoms with E-state index in [-0.39, 0.29) is 0 Å². The first-order valence-electron chi connectivity index (χ1n) is 7.73. The van der Waals surface area contributed by atoms with Gasteiger partial charge in [0.25, 0.3) is 7.82 Å². The van der Waals surface area contributed by atoms with Crippen LogP contribution in [0.3, 0.4) is 0 Å². The molecular formula is C12H38N7O4P3. The smallest absolute Gasteiger partial charge is 0.355 e. The molecule has 0 heterocycles. The van der Waals surface area contributed by atoms with Crippen molar-refractivity contribution in [2.75, 3.05) is 84.6 Å². The summed E-state index contributed by atoms with van der Waals surface area (Å²) in [6.45, 7) is 0. The van der Waals surface area contributed by atoms with Gasteiger partial charge in [0, 0.05) is 42.3 Å². The van der Waals surface area contributed by atoms with Gasteiger partial charge in [0.05, 0.1) is 0 Å². The lowest BCUT2D eigenvalue weighted by Crippen LogP contribution is -2.37. The molecule has 0 atom stereocenters. The lowest BCUT2D eigenvalue weighted by atomic mass is 11.2. The summed E-state index contributed by atoms with van der Waals surface area (Å²) < 4.78 is 27.9. The molecule has 0 rings (SSSR count). The van der Waals surface area contributed by atoms with E-state index < -0.39 is 23.2 Å². The minimum atomic E-state index is -4.89. The van der Waals surface area contributed by atoms with E-state index in [0.717, 1.165) is 0 Å². The number of rotatable bonds is 7. The molecule has 0 spiro atoms. The summed E-state index contributed by atoms with van der Waals surface area (Å²) in [4.78, 5) is 22.9. The quantitative estimate of drug-likeness (QED) is 0.544. The molecule has 0 saturated carbocycles. The maximum Gasteiger partial charge on any atom is 0.355 e. The van der Waals surface area contributed by atoms with Crippen molar-refractivity contribution in [2.24, 2.45) is 4.52 Å². The maximum atomic E-state index is 8.77. The first-order valence-corrected chi connectivity index (χ1v) is 12.5. The molecule has 14 heteroatoms. The van der Waals surface area contributed by atoms with Gasteiger partial charge in [-0.1, -0.05) is 0 Å².